The quantitative estimate of drug-likeness (QED) is 0.102. The first-order chi connectivity index (χ1) is 28.6. The maximum Gasteiger partial charge on any atom is 0.408 e. The number of alkyl carbamates (subject to hydrolysis) is 1. The molecule has 2 heterocycles. The van der Waals surface area contributed by atoms with Gasteiger partial charge in [0.25, 0.3) is 12.9 Å². The molecule has 3 N–H and O–H groups in total. The molecule has 0 unspecified atom stereocenters. The van der Waals surface area contributed by atoms with Gasteiger partial charge in [-0.3, -0.25) is 9.97 Å². The molecule has 8 nitrogen and oxygen atoms in total. The van der Waals surface area contributed by atoms with Gasteiger partial charge in [-0.15, -0.1) is 0 Å². The van der Waals surface area contributed by atoms with Crippen molar-refractivity contribution in [3.8, 4) is 33.8 Å². The number of benzene rings is 2. The zero-order valence-electron chi connectivity index (χ0n) is 37.2. The van der Waals surface area contributed by atoms with Gasteiger partial charge in [-0.05, 0) is 179 Å². The fourth-order valence-electron chi connectivity index (χ4n) is 7.71. The van der Waals surface area contributed by atoms with Crippen LogP contribution < -0.4 is 20.5 Å². The Morgan fingerprint density at radius 3 is 1.49 bits per heavy atom. The molecule has 2 saturated carbocycles. The Morgan fingerprint density at radius 2 is 1.10 bits per heavy atom. The van der Waals surface area contributed by atoms with Gasteiger partial charge in [0.2, 0.25) is 0 Å². The molecule has 1 amide bonds. The SMILES string of the molecule is CC(C)C[C@@](C)(COc1ccc(-c2ccnc(C(F)F)c2)cc1C1CC1)NC(=O)OC(C)(C)C.CC(C)C[C@](C)(N)COc1ccc(-c2ccnc(C(F)F)c2)cc1C1CC1. The van der Waals surface area contributed by atoms with Crippen LogP contribution in [0.1, 0.15) is 148 Å². The molecule has 0 spiro atoms. The predicted octanol–water partition coefficient (Wildman–Crippen LogP) is 13.0. The Bertz CT molecular complexity index is 2080. The number of carbonyl (C=O) groups is 1. The number of hydrogen-bond acceptors (Lipinski definition) is 7. The predicted molar refractivity (Wildman–Crippen MR) is 233 cm³/mol. The maximum atomic E-state index is 13.1. The number of aromatic nitrogens is 2. The minimum Gasteiger partial charge on any atom is -0.491 e. The molecule has 0 saturated heterocycles. The smallest absolute Gasteiger partial charge is 0.408 e. The van der Waals surface area contributed by atoms with E-state index in [1.54, 1.807) is 12.1 Å². The lowest BCUT2D eigenvalue weighted by Gasteiger charge is -2.33. The van der Waals surface area contributed by atoms with Crippen molar-refractivity contribution in [2.24, 2.45) is 17.6 Å². The number of hydrogen-bond donors (Lipinski definition) is 2. The first kappa shape index (κ1) is 47.3. The fourth-order valence-corrected chi connectivity index (χ4v) is 7.71. The van der Waals surface area contributed by atoms with E-state index in [-0.39, 0.29) is 23.5 Å². The second kappa shape index (κ2) is 20.0. The Hall–Kier alpha value is -4.71. The molecular formula is C49H64F4N4O4. The van der Waals surface area contributed by atoms with Crippen LogP contribution >= 0.6 is 0 Å². The van der Waals surface area contributed by atoms with Crippen molar-refractivity contribution in [3.63, 3.8) is 0 Å². The molecule has 332 valence electrons. The van der Waals surface area contributed by atoms with Crippen molar-refractivity contribution >= 4 is 6.09 Å². The van der Waals surface area contributed by atoms with Crippen molar-refractivity contribution < 1.29 is 36.6 Å². The van der Waals surface area contributed by atoms with Crippen LogP contribution in [0.15, 0.2) is 73.1 Å². The summed E-state index contributed by atoms with van der Waals surface area (Å²) < 4.78 is 70.0. The van der Waals surface area contributed by atoms with Gasteiger partial charge in [0.05, 0.1) is 5.54 Å². The van der Waals surface area contributed by atoms with Gasteiger partial charge >= 0.3 is 6.09 Å². The van der Waals surface area contributed by atoms with E-state index in [2.05, 4.69) is 49.0 Å². The molecule has 4 aromatic rings. The summed E-state index contributed by atoms with van der Waals surface area (Å²) in [4.78, 5) is 20.0. The number of pyridine rings is 2. The number of ether oxygens (including phenoxy) is 3. The Kier molecular flexibility index (Phi) is 15.5. The zero-order valence-corrected chi connectivity index (χ0v) is 37.2. The van der Waals surface area contributed by atoms with Gasteiger partial charge in [-0.25, -0.2) is 22.4 Å². The molecule has 2 aliphatic carbocycles. The van der Waals surface area contributed by atoms with Crippen molar-refractivity contribution in [1.29, 1.82) is 0 Å². The van der Waals surface area contributed by atoms with Crippen LogP contribution in [0.25, 0.3) is 22.3 Å². The summed E-state index contributed by atoms with van der Waals surface area (Å²) in [5.41, 5.74) is 9.77. The topological polar surface area (TPSA) is 109 Å². The third-order valence-electron chi connectivity index (χ3n) is 10.4. The standard InChI is InChI=1S/C27H36F2N2O3.C22H28F2N2O/c1-17(2)15-27(6,31-25(32)34-26(3,4)5)16-33-23-10-9-19(13-21(23)18-7-8-18)20-11-12-30-22(14-20)24(28)29;1-14(2)12-22(3,25)13-27-20-7-6-16(10-18(20)15-4-5-15)17-8-9-26-19(11-17)21(23)24/h9-14,17-18,24H,7-8,15-16H2,1-6H3,(H,31,32);6-11,14-15,21H,4-5,12-13,25H2,1-3H3/t27-;22-/m00/s1. The number of nitrogens with zero attached hydrogens (tertiary/aromatic N) is 2. The Morgan fingerprint density at radius 1 is 0.672 bits per heavy atom. The molecule has 12 heteroatoms. The highest BCUT2D eigenvalue weighted by Crippen LogP contribution is 2.47. The largest absolute Gasteiger partial charge is 0.491 e. The summed E-state index contributed by atoms with van der Waals surface area (Å²) in [5, 5.41) is 3.01. The number of carbonyl (C=O) groups excluding carboxylic acids is 1. The van der Waals surface area contributed by atoms with E-state index in [1.165, 1.54) is 24.5 Å². The summed E-state index contributed by atoms with van der Waals surface area (Å²) >= 11 is 0. The van der Waals surface area contributed by atoms with Crippen molar-refractivity contribution in [3.05, 3.63) is 95.6 Å². The molecule has 0 radical (unpaired) electrons. The number of amides is 1. The monoisotopic (exact) mass is 848 g/mol. The molecule has 2 aliphatic rings. The first-order valence-electron chi connectivity index (χ1n) is 21.4. The molecule has 2 fully saturated rings. The summed E-state index contributed by atoms with van der Waals surface area (Å²) in [5.74, 6) is 3.32. The second-order valence-corrected chi connectivity index (χ2v) is 19.2. The highest BCUT2D eigenvalue weighted by Gasteiger charge is 2.33. The van der Waals surface area contributed by atoms with Crippen LogP contribution in [0.5, 0.6) is 11.5 Å². The van der Waals surface area contributed by atoms with E-state index < -0.39 is 30.1 Å². The van der Waals surface area contributed by atoms with Gasteiger partial charge in [-0.2, -0.15) is 0 Å². The van der Waals surface area contributed by atoms with Gasteiger partial charge in [0.1, 0.15) is 41.7 Å². The summed E-state index contributed by atoms with van der Waals surface area (Å²) in [6.07, 6.45) is 3.20. The average molecular weight is 849 g/mol. The summed E-state index contributed by atoms with van der Waals surface area (Å²) in [6.45, 7) is 18.7. The fraction of sp³-hybridized carbons (Fsp3) is 0.531. The van der Waals surface area contributed by atoms with E-state index in [9.17, 15) is 22.4 Å². The van der Waals surface area contributed by atoms with Crippen LogP contribution in [-0.2, 0) is 4.74 Å². The summed E-state index contributed by atoms with van der Waals surface area (Å²) in [6, 6.07) is 18.1. The van der Waals surface area contributed by atoms with Crippen LogP contribution in [0.4, 0.5) is 22.4 Å². The van der Waals surface area contributed by atoms with E-state index in [4.69, 9.17) is 19.9 Å². The van der Waals surface area contributed by atoms with E-state index in [0.29, 0.717) is 35.8 Å². The number of halogens is 4. The number of nitrogens with two attached hydrogens (primary N) is 1. The first-order valence-corrected chi connectivity index (χ1v) is 21.4. The van der Waals surface area contributed by atoms with Gasteiger partial charge in [0, 0.05) is 17.9 Å². The van der Waals surface area contributed by atoms with Crippen LogP contribution in [0, 0.1) is 11.8 Å². The summed E-state index contributed by atoms with van der Waals surface area (Å²) in [7, 11) is 0. The normalized spacial score (nSPS) is 16.2. The van der Waals surface area contributed by atoms with Crippen molar-refractivity contribution in [2.45, 2.75) is 142 Å². The van der Waals surface area contributed by atoms with E-state index in [0.717, 1.165) is 77.8 Å². The zero-order chi connectivity index (χ0) is 44.7. The minimum atomic E-state index is -2.61. The third kappa shape index (κ3) is 14.7. The number of alkyl halides is 4. The molecule has 2 aromatic heterocycles. The van der Waals surface area contributed by atoms with Crippen LogP contribution in [0.2, 0.25) is 0 Å². The molecule has 2 aromatic carbocycles. The van der Waals surface area contributed by atoms with Crippen molar-refractivity contribution in [1.82, 2.24) is 15.3 Å². The van der Waals surface area contributed by atoms with Crippen LogP contribution in [-0.4, -0.2) is 46.0 Å². The van der Waals surface area contributed by atoms with Gasteiger partial charge in [-0.1, -0.05) is 39.8 Å². The van der Waals surface area contributed by atoms with Crippen molar-refractivity contribution in [2.75, 3.05) is 13.2 Å². The Balaban J connectivity index is 0.000000237. The second-order valence-electron chi connectivity index (χ2n) is 19.2. The third-order valence-corrected chi connectivity index (χ3v) is 10.4. The molecule has 6 rings (SSSR count). The molecule has 61 heavy (non-hydrogen) atoms. The average Bonchev–Trinajstić information content (AvgIpc) is 4.10. The lowest BCUT2D eigenvalue weighted by Crippen LogP contribution is -2.52. The molecular weight excluding hydrogens is 785 g/mol. The maximum absolute atomic E-state index is 13.1. The number of rotatable bonds is 17. The van der Waals surface area contributed by atoms with E-state index in [1.807, 2.05) is 65.0 Å². The highest BCUT2D eigenvalue weighted by atomic mass is 19.3. The van der Waals surface area contributed by atoms with Gasteiger partial charge in [0.15, 0.2) is 0 Å². The molecule has 2 atom stereocenters. The lowest BCUT2D eigenvalue weighted by atomic mass is 9.91. The van der Waals surface area contributed by atoms with E-state index >= 15 is 0 Å². The number of nitrogens with one attached hydrogen (secondary N) is 1. The molecule has 0 bridgehead atoms. The minimum absolute atomic E-state index is 0.201. The van der Waals surface area contributed by atoms with Crippen LogP contribution in [0.3, 0.4) is 0 Å². The highest BCUT2D eigenvalue weighted by molar-refractivity contribution is 5.69. The Labute approximate surface area is 359 Å². The lowest BCUT2D eigenvalue weighted by molar-refractivity contribution is 0.0407. The van der Waals surface area contributed by atoms with Gasteiger partial charge < -0.3 is 25.3 Å². The molecule has 0 aliphatic heterocycles.